The summed E-state index contributed by atoms with van der Waals surface area (Å²) in [4.78, 5) is 3.85. The fraction of sp³-hybridized carbons (Fsp3) is 0.467. The van der Waals surface area contributed by atoms with E-state index in [-0.39, 0.29) is 0 Å². The Bertz CT molecular complexity index is 542. The minimum absolute atomic E-state index is 0.660. The second-order valence-corrected chi connectivity index (χ2v) is 6.34. The van der Waals surface area contributed by atoms with Crippen LogP contribution in [0.1, 0.15) is 29.7 Å². The van der Waals surface area contributed by atoms with Crippen molar-refractivity contribution >= 4 is 21.4 Å². The summed E-state index contributed by atoms with van der Waals surface area (Å²) in [5.74, 6) is 0. The van der Waals surface area contributed by atoms with Gasteiger partial charge in [-0.1, -0.05) is 24.6 Å². The Morgan fingerprint density at radius 1 is 1.33 bits per heavy atom. The van der Waals surface area contributed by atoms with Gasteiger partial charge in [0, 0.05) is 28.7 Å². The van der Waals surface area contributed by atoms with Crippen molar-refractivity contribution in [3.05, 3.63) is 34.7 Å². The number of nitrogens with zero attached hydrogens (tertiary/aromatic N) is 1. The number of fused-ring (bicyclic) bond motifs is 1. The van der Waals surface area contributed by atoms with Gasteiger partial charge in [0.2, 0.25) is 0 Å². The van der Waals surface area contributed by atoms with E-state index in [1.54, 1.807) is 0 Å². The number of benzene rings is 1. The molecule has 0 unspecified atom stereocenters. The second kappa shape index (κ2) is 5.00. The fourth-order valence-electron chi connectivity index (χ4n) is 2.69. The minimum atomic E-state index is 0.660. The predicted octanol–water partition coefficient (Wildman–Crippen LogP) is 3.34. The monoisotopic (exact) mass is 260 g/mol. The largest absolute Gasteiger partial charge is 0.326 e. The summed E-state index contributed by atoms with van der Waals surface area (Å²) in [5, 5.41) is 1.40. The van der Waals surface area contributed by atoms with Gasteiger partial charge in [-0.2, -0.15) is 0 Å². The van der Waals surface area contributed by atoms with Crippen molar-refractivity contribution in [3.63, 3.8) is 0 Å². The molecule has 1 saturated carbocycles. The van der Waals surface area contributed by atoms with Crippen LogP contribution in [0.2, 0.25) is 0 Å². The summed E-state index contributed by atoms with van der Waals surface area (Å²) in [5.41, 5.74) is 7.36. The SMILES string of the molecule is CN(Cc1c(CN)sc2ccccc12)C1CCC1. The van der Waals surface area contributed by atoms with E-state index in [9.17, 15) is 0 Å². The van der Waals surface area contributed by atoms with Crippen LogP contribution in [-0.2, 0) is 13.1 Å². The van der Waals surface area contributed by atoms with E-state index in [0.29, 0.717) is 6.54 Å². The molecule has 0 aliphatic heterocycles. The average Bonchev–Trinajstić information content (AvgIpc) is 2.65. The van der Waals surface area contributed by atoms with Gasteiger partial charge < -0.3 is 5.73 Å². The maximum Gasteiger partial charge on any atom is 0.0349 e. The standard InChI is InChI=1S/C15H20N2S/c1-17(11-5-4-6-11)10-13-12-7-2-3-8-14(12)18-15(13)9-16/h2-3,7-8,11H,4-6,9-10,16H2,1H3. The van der Waals surface area contributed by atoms with Crippen molar-refractivity contribution in [2.45, 2.75) is 38.4 Å². The predicted molar refractivity (Wildman–Crippen MR) is 78.8 cm³/mol. The van der Waals surface area contributed by atoms with Crippen molar-refractivity contribution in [1.29, 1.82) is 0 Å². The molecule has 3 rings (SSSR count). The van der Waals surface area contributed by atoms with Gasteiger partial charge in [-0.25, -0.2) is 0 Å². The van der Waals surface area contributed by atoms with Gasteiger partial charge >= 0.3 is 0 Å². The van der Waals surface area contributed by atoms with Crippen LogP contribution in [-0.4, -0.2) is 18.0 Å². The van der Waals surface area contributed by atoms with Crippen molar-refractivity contribution in [3.8, 4) is 0 Å². The van der Waals surface area contributed by atoms with Crippen molar-refractivity contribution in [2.24, 2.45) is 5.73 Å². The molecule has 2 nitrogen and oxygen atoms in total. The lowest BCUT2D eigenvalue weighted by atomic mass is 9.91. The Labute approximate surface area is 112 Å². The van der Waals surface area contributed by atoms with Crippen LogP contribution in [0.3, 0.4) is 0 Å². The van der Waals surface area contributed by atoms with Gasteiger partial charge in [-0.15, -0.1) is 11.3 Å². The van der Waals surface area contributed by atoms with Crippen LogP contribution >= 0.6 is 11.3 Å². The molecule has 1 aliphatic carbocycles. The van der Waals surface area contributed by atoms with E-state index in [2.05, 4.69) is 36.2 Å². The third kappa shape index (κ3) is 2.07. The van der Waals surface area contributed by atoms with Crippen LogP contribution in [0, 0.1) is 0 Å². The summed E-state index contributed by atoms with van der Waals surface area (Å²) in [6, 6.07) is 9.45. The van der Waals surface area contributed by atoms with Crippen LogP contribution in [0.15, 0.2) is 24.3 Å². The summed E-state index contributed by atoms with van der Waals surface area (Å²) in [6.45, 7) is 1.70. The molecule has 96 valence electrons. The molecule has 0 bridgehead atoms. The van der Waals surface area contributed by atoms with Gasteiger partial charge in [0.15, 0.2) is 0 Å². The Morgan fingerprint density at radius 3 is 2.78 bits per heavy atom. The Kier molecular flexibility index (Phi) is 3.37. The van der Waals surface area contributed by atoms with Crippen LogP contribution in [0.5, 0.6) is 0 Å². The van der Waals surface area contributed by atoms with Gasteiger partial charge in [-0.05, 0) is 36.9 Å². The molecule has 2 aromatic rings. The van der Waals surface area contributed by atoms with E-state index >= 15 is 0 Å². The molecule has 2 N–H and O–H groups in total. The molecule has 1 aliphatic rings. The Morgan fingerprint density at radius 2 is 2.11 bits per heavy atom. The molecular formula is C15H20N2S. The van der Waals surface area contributed by atoms with Crippen LogP contribution in [0.4, 0.5) is 0 Å². The smallest absolute Gasteiger partial charge is 0.0349 e. The molecule has 1 aromatic carbocycles. The highest BCUT2D eigenvalue weighted by Gasteiger charge is 2.23. The molecular weight excluding hydrogens is 240 g/mol. The van der Waals surface area contributed by atoms with E-state index in [1.165, 1.54) is 39.8 Å². The zero-order valence-corrected chi connectivity index (χ0v) is 11.7. The van der Waals surface area contributed by atoms with Gasteiger partial charge in [0.25, 0.3) is 0 Å². The molecule has 18 heavy (non-hydrogen) atoms. The maximum absolute atomic E-state index is 5.90. The molecule has 0 saturated heterocycles. The molecule has 0 amide bonds. The molecule has 1 aromatic heterocycles. The lowest BCUT2D eigenvalue weighted by Crippen LogP contribution is -2.36. The normalized spacial score (nSPS) is 16.4. The van der Waals surface area contributed by atoms with Gasteiger partial charge in [0.05, 0.1) is 0 Å². The summed E-state index contributed by atoms with van der Waals surface area (Å²) >= 11 is 1.85. The highest BCUT2D eigenvalue weighted by molar-refractivity contribution is 7.19. The zero-order valence-electron chi connectivity index (χ0n) is 10.9. The Balaban J connectivity index is 1.93. The zero-order chi connectivity index (χ0) is 12.5. The van der Waals surface area contributed by atoms with Crippen molar-refractivity contribution < 1.29 is 0 Å². The summed E-state index contributed by atoms with van der Waals surface area (Å²) in [7, 11) is 2.25. The van der Waals surface area contributed by atoms with Crippen molar-refractivity contribution in [1.82, 2.24) is 4.90 Å². The van der Waals surface area contributed by atoms with E-state index < -0.39 is 0 Å². The number of hydrogen-bond acceptors (Lipinski definition) is 3. The third-order valence-corrected chi connectivity index (χ3v) is 5.31. The summed E-state index contributed by atoms with van der Waals surface area (Å²) < 4.78 is 1.37. The van der Waals surface area contributed by atoms with Crippen molar-refractivity contribution in [2.75, 3.05) is 7.05 Å². The maximum atomic E-state index is 5.90. The first-order chi connectivity index (χ1) is 8.79. The van der Waals surface area contributed by atoms with E-state index in [0.717, 1.165) is 12.6 Å². The molecule has 3 heteroatoms. The molecule has 1 fully saturated rings. The molecule has 1 heterocycles. The first-order valence-corrected chi connectivity index (χ1v) is 7.51. The summed E-state index contributed by atoms with van der Waals surface area (Å²) in [6.07, 6.45) is 4.11. The lowest BCUT2D eigenvalue weighted by Gasteiger charge is -2.34. The number of rotatable bonds is 4. The number of thiophene rings is 1. The first-order valence-electron chi connectivity index (χ1n) is 6.69. The van der Waals surface area contributed by atoms with Gasteiger partial charge in [0.1, 0.15) is 0 Å². The average molecular weight is 260 g/mol. The Hall–Kier alpha value is -0.900. The molecule has 0 atom stereocenters. The number of nitrogens with two attached hydrogens (primary N) is 1. The van der Waals surface area contributed by atoms with Crippen LogP contribution in [0.25, 0.3) is 10.1 Å². The lowest BCUT2D eigenvalue weighted by molar-refractivity contribution is 0.153. The number of hydrogen-bond donors (Lipinski definition) is 1. The van der Waals surface area contributed by atoms with Crippen LogP contribution < -0.4 is 5.73 Å². The molecule has 0 radical (unpaired) electrons. The third-order valence-electron chi connectivity index (χ3n) is 4.07. The van der Waals surface area contributed by atoms with Gasteiger partial charge in [-0.3, -0.25) is 4.90 Å². The minimum Gasteiger partial charge on any atom is -0.326 e. The topological polar surface area (TPSA) is 29.3 Å². The van der Waals surface area contributed by atoms with E-state index in [1.807, 2.05) is 11.3 Å². The highest BCUT2D eigenvalue weighted by atomic mass is 32.1. The molecule has 0 spiro atoms. The fourth-order valence-corrected chi connectivity index (χ4v) is 3.79. The highest BCUT2D eigenvalue weighted by Crippen LogP contribution is 2.33. The van der Waals surface area contributed by atoms with E-state index in [4.69, 9.17) is 5.73 Å². The first kappa shape index (κ1) is 12.2. The second-order valence-electron chi connectivity index (χ2n) is 5.20. The quantitative estimate of drug-likeness (QED) is 0.913.